The molecule has 5 nitrogen and oxygen atoms in total. The summed E-state index contributed by atoms with van der Waals surface area (Å²) in [6, 6.07) is 0. The molecule has 0 radical (unpaired) electrons. The van der Waals surface area contributed by atoms with Crippen LogP contribution in [-0.2, 0) is 4.79 Å². The monoisotopic (exact) mass is 276 g/mol. The van der Waals surface area contributed by atoms with Crippen LogP contribution in [0.3, 0.4) is 0 Å². The van der Waals surface area contributed by atoms with Gasteiger partial charge < -0.3 is 10.2 Å². The largest absolute Gasteiger partial charge is 0.356 e. The van der Waals surface area contributed by atoms with Crippen molar-refractivity contribution in [1.29, 1.82) is 0 Å². The highest BCUT2D eigenvalue weighted by atomic mass is 16.1. The summed E-state index contributed by atoms with van der Waals surface area (Å²) in [6.07, 6.45) is 4.75. The molecule has 5 heteroatoms. The molecule has 0 spiro atoms. The van der Waals surface area contributed by atoms with Crippen LogP contribution < -0.4 is 10.2 Å². The van der Waals surface area contributed by atoms with Crippen molar-refractivity contribution in [2.45, 2.75) is 40.0 Å². The van der Waals surface area contributed by atoms with Gasteiger partial charge in [-0.15, -0.1) is 0 Å². The minimum atomic E-state index is 0.0667. The van der Waals surface area contributed by atoms with Crippen LogP contribution in [0, 0.1) is 19.8 Å². The predicted molar refractivity (Wildman–Crippen MR) is 79.7 cm³/mol. The zero-order valence-corrected chi connectivity index (χ0v) is 12.6. The Morgan fingerprint density at radius 3 is 3.05 bits per heavy atom. The molecule has 1 amide bonds. The lowest BCUT2D eigenvalue weighted by Crippen LogP contribution is -2.43. The Hall–Kier alpha value is -1.65. The fourth-order valence-electron chi connectivity index (χ4n) is 2.60. The molecule has 0 aliphatic carbocycles. The summed E-state index contributed by atoms with van der Waals surface area (Å²) in [4.78, 5) is 23.3. The highest BCUT2D eigenvalue weighted by Crippen LogP contribution is 2.23. The number of amides is 1. The lowest BCUT2D eigenvalue weighted by Gasteiger charge is -2.33. The third-order valence-corrected chi connectivity index (χ3v) is 3.69. The molecular weight excluding hydrogens is 252 g/mol. The van der Waals surface area contributed by atoms with Gasteiger partial charge in [0, 0.05) is 25.8 Å². The Morgan fingerprint density at radius 1 is 1.50 bits per heavy atom. The second-order valence-corrected chi connectivity index (χ2v) is 5.50. The van der Waals surface area contributed by atoms with Gasteiger partial charge in [0.1, 0.15) is 5.82 Å². The van der Waals surface area contributed by atoms with E-state index in [1.54, 1.807) is 6.20 Å². The van der Waals surface area contributed by atoms with Crippen molar-refractivity contribution >= 4 is 11.7 Å². The topological polar surface area (TPSA) is 58.1 Å². The number of nitrogens with zero attached hydrogens (tertiary/aromatic N) is 3. The standard InChI is InChI=1S/C15H24N4O/c1-4-7-16-15(20)13-6-5-8-19(10-13)14-12(3)17-9-11(2)18-14/h9,13H,4-8,10H2,1-3H3,(H,16,20). The number of aromatic nitrogens is 2. The molecule has 1 aliphatic rings. The zero-order chi connectivity index (χ0) is 14.5. The van der Waals surface area contributed by atoms with Crippen molar-refractivity contribution in [3.8, 4) is 0 Å². The molecule has 1 atom stereocenters. The maximum atomic E-state index is 12.1. The van der Waals surface area contributed by atoms with Crippen molar-refractivity contribution in [3.05, 3.63) is 17.6 Å². The number of rotatable bonds is 4. The van der Waals surface area contributed by atoms with Crippen LogP contribution in [0.1, 0.15) is 37.6 Å². The van der Waals surface area contributed by atoms with Crippen LogP contribution >= 0.6 is 0 Å². The molecule has 0 bridgehead atoms. The minimum absolute atomic E-state index is 0.0667. The predicted octanol–water partition coefficient (Wildman–Crippen LogP) is 1.84. The molecule has 110 valence electrons. The van der Waals surface area contributed by atoms with Gasteiger partial charge in [0.05, 0.1) is 17.3 Å². The quantitative estimate of drug-likeness (QED) is 0.911. The summed E-state index contributed by atoms with van der Waals surface area (Å²) in [5.74, 6) is 1.17. The second-order valence-electron chi connectivity index (χ2n) is 5.50. The van der Waals surface area contributed by atoms with Crippen molar-refractivity contribution in [2.24, 2.45) is 5.92 Å². The van der Waals surface area contributed by atoms with Gasteiger partial charge in [-0.2, -0.15) is 0 Å². The summed E-state index contributed by atoms with van der Waals surface area (Å²) in [7, 11) is 0. The van der Waals surface area contributed by atoms with Crippen molar-refractivity contribution < 1.29 is 4.79 Å². The fourth-order valence-corrected chi connectivity index (χ4v) is 2.60. The van der Waals surface area contributed by atoms with Gasteiger partial charge in [-0.3, -0.25) is 9.78 Å². The van der Waals surface area contributed by atoms with E-state index >= 15 is 0 Å². The second kappa shape index (κ2) is 6.68. The smallest absolute Gasteiger partial charge is 0.224 e. The lowest BCUT2D eigenvalue weighted by molar-refractivity contribution is -0.125. The summed E-state index contributed by atoms with van der Waals surface area (Å²) < 4.78 is 0. The Bertz CT molecular complexity index is 475. The maximum absolute atomic E-state index is 12.1. The Labute approximate surface area is 120 Å². The molecule has 0 saturated carbocycles. The van der Waals surface area contributed by atoms with Gasteiger partial charge in [0.15, 0.2) is 0 Å². The summed E-state index contributed by atoms with van der Waals surface area (Å²) in [5, 5.41) is 3.00. The van der Waals surface area contributed by atoms with Gasteiger partial charge in [0.2, 0.25) is 5.91 Å². The van der Waals surface area contributed by atoms with E-state index in [1.807, 2.05) is 13.8 Å². The molecule has 20 heavy (non-hydrogen) atoms. The van der Waals surface area contributed by atoms with Crippen LogP contribution in [0.25, 0.3) is 0 Å². The molecule has 1 aromatic rings. The maximum Gasteiger partial charge on any atom is 0.224 e. The average molecular weight is 276 g/mol. The first-order chi connectivity index (χ1) is 9.61. The third kappa shape index (κ3) is 3.46. The van der Waals surface area contributed by atoms with Gasteiger partial charge in [-0.05, 0) is 33.1 Å². The van der Waals surface area contributed by atoms with E-state index in [0.717, 1.165) is 56.1 Å². The Kier molecular flexibility index (Phi) is 4.93. The number of nitrogens with one attached hydrogen (secondary N) is 1. The SMILES string of the molecule is CCCNC(=O)C1CCCN(c2nc(C)cnc2C)C1. The molecule has 2 rings (SSSR count). The van der Waals surface area contributed by atoms with Crippen molar-refractivity contribution in [3.63, 3.8) is 0 Å². The normalized spacial score (nSPS) is 18.9. The Morgan fingerprint density at radius 2 is 2.30 bits per heavy atom. The molecule has 1 saturated heterocycles. The minimum Gasteiger partial charge on any atom is -0.356 e. The van der Waals surface area contributed by atoms with Crippen LogP contribution in [-0.4, -0.2) is 35.5 Å². The zero-order valence-electron chi connectivity index (χ0n) is 12.6. The van der Waals surface area contributed by atoms with Crippen LogP contribution in [0.4, 0.5) is 5.82 Å². The van der Waals surface area contributed by atoms with Crippen molar-refractivity contribution in [2.75, 3.05) is 24.5 Å². The number of anilines is 1. The molecule has 1 aromatic heterocycles. The van der Waals surface area contributed by atoms with Crippen LogP contribution in [0.2, 0.25) is 0 Å². The van der Waals surface area contributed by atoms with Crippen molar-refractivity contribution in [1.82, 2.24) is 15.3 Å². The van der Waals surface area contributed by atoms with Gasteiger partial charge in [-0.1, -0.05) is 6.92 Å². The van der Waals surface area contributed by atoms with Crippen LogP contribution in [0.5, 0.6) is 0 Å². The van der Waals surface area contributed by atoms with E-state index in [4.69, 9.17) is 0 Å². The van der Waals surface area contributed by atoms with E-state index in [-0.39, 0.29) is 11.8 Å². The molecule has 1 aliphatic heterocycles. The number of aryl methyl sites for hydroxylation is 2. The summed E-state index contributed by atoms with van der Waals surface area (Å²) in [6.45, 7) is 8.46. The lowest BCUT2D eigenvalue weighted by atomic mass is 9.97. The third-order valence-electron chi connectivity index (χ3n) is 3.69. The first-order valence-electron chi connectivity index (χ1n) is 7.44. The van der Waals surface area contributed by atoms with E-state index in [2.05, 4.69) is 27.1 Å². The number of carbonyl (C=O) groups is 1. The molecule has 2 heterocycles. The molecular formula is C15H24N4O. The van der Waals surface area contributed by atoms with E-state index in [9.17, 15) is 4.79 Å². The number of hydrogen-bond acceptors (Lipinski definition) is 4. The summed E-state index contributed by atoms with van der Waals surface area (Å²) >= 11 is 0. The fraction of sp³-hybridized carbons (Fsp3) is 0.667. The first-order valence-corrected chi connectivity index (χ1v) is 7.44. The van der Waals surface area contributed by atoms with E-state index < -0.39 is 0 Å². The molecule has 1 N–H and O–H groups in total. The van der Waals surface area contributed by atoms with Gasteiger partial charge in [-0.25, -0.2) is 4.98 Å². The van der Waals surface area contributed by atoms with E-state index in [1.165, 1.54) is 0 Å². The molecule has 0 aromatic carbocycles. The summed E-state index contributed by atoms with van der Waals surface area (Å²) in [5.41, 5.74) is 1.85. The number of carbonyl (C=O) groups excluding carboxylic acids is 1. The van der Waals surface area contributed by atoms with Gasteiger partial charge >= 0.3 is 0 Å². The first kappa shape index (κ1) is 14.8. The van der Waals surface area contributed by atoms with E-state index in [0.29, 0.717) is 0 Å². The highest BCUT2D eigenvalue weighted by molar-refractivity contribution is 5.79. The van der Waals surface area contributed by atoms with Crippen LogP contribution in [0.15, 0.2) is 6.20 Å². The Balaban J connectivity index is 2.06. The van der Waals surface area contributed by atoms with Gasteiger partial charge in [0.25, 0.3) is 0 Å². The number of piperidine rings is 1. The number of hydrogen-bond donors (Lipinski definition) is 1. The highest BCUT2D eigenvalue weighted by Gasteiger charge is 2.27. The molecule has 1 fully saturated rings. The average Bonchev–Trinajstić information content (AvgIpc) is 2.47. The molecule has 1 unspecified atom stereocenters.